The minimum Gasteiger partial charge on any atom is -0.466 e. The number of ether oxygens (including phenoxy) is 3. The Morgan fingerprint density at radius 2 is 1.83 bits per heavy atom. The van der Waals surface area contributed by atoms with Gasteiger partial charge in [-0.1, -0.05) is 0 Å². The van der Waals surface area contributed by atoms with Crippen LogP contribution in [0.15, 0.2) is 11.8 Å². The lowest BCUT2D eigenvalue weighted by Gasteiger charge is -2.12. The number of carbonyl (C=O) groups is 1. The number of rotatable bonds is 4. The van der Waals surface area contributed by atoms with Gasteiger partial charge in [-0.15, -0.1) is 0 Å². The predicted octanol–water partition coefficient (Wildman–Crippen LogP) is -0.379. The standard InChI is InChI=1S/C7H13NO4/c1-10-6(9)4-5(8)7(11-2)12-3/h4,7H,8H2,1-3H3/b5-4+. The smallest absolute Gasteiger partial charge is 0.332 e. The normalized spacial score (nSPS) is 11.8. The van der Waals surface area contributed by atoms with Crippen molar-refractivity contribution >= 4 is 5.97 Å². The van der Waals surface area contributed by atoms with Crippen LogP contribution in [0.2, 0.25) is 0 Å². The Morgan fingerprint density at radius 1 is 1.33 bits per heavy atom. The molecule has 5 heteroatoms. The number of hydrogen-bond donors (Lipinski definition) is 1. The highest BCUT2D eigenvalue weighted by Crippen LogP contribution is 2.00. The summed E-state index contributed by atoms with van der Waals surface area (Å²) >= 11 is 0. The molecule has 0 rings (SSSR count). The molecule has 0 atom stereocenters. The summed E-state index contributed by atoms with van der Waals surface area (Å²) in [5.41, 5.74) is 5.60. The molecule has 0 heterocycles. The fraction of sp³-hybridized carbons (Fsp3) is 0.571. The Hall–Kier alpha value is -1.07. The molecular weight excluding hydrogens is 162 g/mol. The van der Waals surface area contributed by atoms with Crippen LogP contribution >= 0.6 is 0 Å². The van der Waals surface area contributed by atoms with Crippen molar-refractivity contribution < 1.29 is 19.0 Å². The summed E-state index contributed by atoms with van der Waals surface area (Å²) in [4.78, 5) is 10.7. The maximum Gasteiger partial charge on any atom is 0.332 e. The van der Waals surface area contributed by atoms with E-state index in [0.717, 1.165) is 6.08 Å². The Labute approximate surface area is 71.1 Å². The van der Waals surface area contributed by atoms with Crippen LogP contribution in [0.5, 0.6) is 0 Å². The molecular formula is C7H13NO4. The lowest BCUT2D eigenvalue weighted by atomic mass is 10.4. The van der Waals surface area contributed by atoms with Gasteiger partial charge in [-0.25, -0.2) is 4.79 Å². The summed E-state index contributed by atoms with van der Waals surface area (Å²) in [6, 6.07) is 0. The summed E-state index contributed by atoms with van der Waals surface area (Å²) in [5.74, 6) is -0.536. The van der Waals surface area contributed by atoms with Crippen LogP contribution in [0.1, 0.15) is 0 Å². The Morgan fingerprint density at radius 3 is 2.17 bits per heavy atom. The molecule has 0 saturated carbocycles. The number of nitrogens with two attached hydrogens (primary N) is 1. The zero-order valence-corrected chi connectivity index (χ0v) is 7.37. The number of methoxy groups -OCH3 is 3. The van der Waals surface area contributed by atoms with Crippen LogP contribution in [-0.2, 0) is 19.0 Å². The molecule has 0 fully saturated rings. The largest absolute Gasteiger partial charge is 0.466 e. The van der Waals surface area contributed by atoms with Gasteiger partial charge in [-0.2, -0.15) is 0 Å². The van der Waals surface area contributed by atoms with E-state index in [4.69, 9.17) is 15.2 Å². The van der Waals surface area contributed by atoms with Crippen molar-refractivity contribution in [1.82, 2.24) is 0 Å². The summed E-state index contributed by atoms with van der Waals surface area (Å²) in [7, 11) is 4.11. The van der Waals surface area contributed by atoms with Crippen LogP contribution in [0.3, 0.4) is 0 Å². The zero-order valence-electron chi connectivity index (χ0n) is 7.37. The van der Waals surface area contributed by atoms with E-state index >= 15 is 0 Å². The maximum absolute atomic E-state index is 10.7. The molecule has 0 aromatic carbocycles. The third-order valence-corrected chi connectivity index (χ3v) is 1.19. The minimum absolute atomic E-state index is 0.173. The first-order valence-corrected chi connectivity index (χ1v) is 3.26. The molecule has 0 aliphatic carbocycles. The number of carbonyl (C=O) groups excluding carboxylic acids is 1. The zero-order chi connectivity index (χ0) is 9.56. The quantitative estimate of drug-likeness (QED) is 0.358. The second kappa shape index (κ2) is 5.56. The predicted molar refractivity (Wildman–Crippen MR) is 42.1 cm³/mol. The number of hydrogen-bond acceptors (Lipinski definition) is 5. The van der Waals surface area contributed by atoms with Gasteiger partial charge in [0.05, 0.1) is 12.8 Å². The van der Waals surface area contributed by atoms with Gasteiger partial charge in [0.15, 0.2) is 6.29 Å². The van der Waals surface area contributed by atoms with Gasteiger partial charge < -0.3 is 19.9 Å². The average Bonchev–Trinajstić information content (AvgIpc) is 2.06. The Bertz CT molecular complexity index is 174. The highest BCUT2D eigenvalue weighted by Gasteiger charge is 2.09. The lowest BCUT2D eigenvalue weighted by Crippen LogP contribution is -2.23. The average molecular weight is 175 g/mol. The molecule has 5 nitrogen and oxygen atoms in total. The third-order valence-electron chi connectivity index (χ3n) is 1.19. The summed E-state index contributed by atoms with van der Waals surface area (Å²) in [6.45, 7) is 0. The van der Waals surface area contributed by atoms with E-state index in [1.54, 1.807) is 0 Å². The van der Waals surface area contributed by atoms with E-state index in [9.17, 15) is 4.79 Å². The van der Waals surface area contributed by atoms with E-state index in [1.807, 2.05) is 0 Å². The lowest BCUT2D eigenvalue weighted by molar-refractivity contribution is -0.135. The minimum atomic E-state index is -0.705. The van der Waals surface area contributed by atoms with Crippen molar-refractivity contribution in [2.45, 2.75) is 6.29 Å². The molecule has 0 unspecified atom stereocenters. The van der Waals surface area contributed by atoms with Gasteiger partial charge in [-0.05, 0) is 0 Å². The highest BCUT2D eigenvalue weighted by molar-refractivity contribution is 5.82. The summed E-state index contributed by atoms with van der Waals surface area (Å²) in [5, 5.41) is 0. The van der Waals surface area contributed by atoms with Crippen LogP contribution in [0.4, 0.5) is 0 Å². The van der Waals surface area contributed by atoms with Crippen molar-refractivity contribution in [3.05, 3.63) is 11.8 Å². The topological polar surface area (TPSA) is 70.8 Å². The second-order valence-corrected chi connectivity index (χ2v) is 1.97. The monoisotopic (exact) mass is 175 g/mol. The molecule has 0 amide bonds. The fourth-order valence-corrected chi connectivity index (χ4v) is 0.631. The fourth-order valence-electron chi connectivity index (χ4n) is 0.631. The second-order valence-electron chi connectivity index (χ2n) is 1.97. The molecule has 0 aliphatic rings. The molecule has 2 N–H and O–H groups in total. The van der Waals surface area contributed by atoms with E-state index in [-0.39, 0.29) is 5.70 Å². The third kappa shape index (κ3) is 3.36. The first-order chi connectivity index (χ1) is 5.65. The van der Waals surface area contributed by atoms with Crippen molar-refractivity contribution in [3.63, 3.8) is 0 Å². The summed E-state index contributed by atoms with van der Waals surface area (Å²) < 4.78 is 13.9. The molecule has 0 aliphatic heterocycles. The van der Waals surface area contributed by atoms with Crippen LogP contribution < -0.4 is 5.73 Å². The van der Waals surface area contributed by atoms with Gasteiger partial charge in [0, 0.05) is 20.3 Å². The van der Waals surface area contributed by atoms with Crippen molar-refractivity contribution in [3.8, 4) is 0 Å². The van der Waals surface area contributed by atoms with Gasteiger partial charge in [0.1, 0.15) is 0 Å². The molecule has 0 bridgehead atoms. The van der Waals surface area contributed by atoms with Crippen molar-refractivity contribution in [2.75, 3.05) is 21.3 Å². The Balaban J connectivity index is 4.23. The van der Waals surface area contributed by atoms with Gasteiger partial charge >= 0.3 is 5.97 Å². The first kappa shape index (κ1) is 10.9. The van der Waals surface area contributed by atoms with Crippen LogP contribution in [-0.4, -0.2) is 33.6 Å². The first-order valence-electron chi connectivity index (χ1n) is 3.26. The van der Waals surface area contributed by atoms with Crippen LogP contribution in [0.25, 0.3) is 0 Å². The van der Waals surface area contributed by atoms with E-state index < -0.39 is 12.3 Å². The molecule has 12 heavy (non-hydrogen) atoms. The Kier molecular flexibility index (Phi) is 5.07. The van der Waals surface area contributed by atoms with Gasteiger partial charge in [-0.3, -0.25) is 0 Å². The molecule has 0 aromatic heterocycles. The molecule has 0 radical (unpaired) electrons. The highest BCUT2D eigenvalue weighted by atomic mass is 16.7. The molecule has 70 valence electrons. The SMILES string of the molecule is COC(=O)/C=C(/N)C(OC)OC. The maximum atomic E-state index is 10.7. The molecule has 0 saturated heterocycles. The summed E-state index contributed by atoms with van der Waals surface area (Å²) in [6.07, 6.45) is 0.404. The number of esters is 1. The molecule has 0 aromatic rings. The van der Waals surface area contributed by atoms with Crippen LogP contribution in [0, 0.1) is 0 Å². The molecule has 0 spiro atoms. The van der Waals surface area contributed by atoms with E-state index in [1.165, 1.54) is 21.3 Å². The van der Waals surface area contributed by atoms with Crippen molar-refractivity contribution in [1.29, 1.82) is 0 Å². The van der Waals surface area contributed by atoms with Gasteiger partial charge in [0.2, 0.25) is 0 Å². The van der Waals surface area contributed by atoms with E-state index in [0.29, 0.717) is 0 Å². The van der Waals surface area contributed by atoms with Gasteiger partial charge in [0.25, 0.3) is 0 Å². The van der Waals surface area contributed by atoms with Crippen molar-refractivity contribution in [2.24, 2.45) is 5.73 Å². The van der Waals surface area contributed by atoms with E-state index in [2.05, 4.69) is 4.74 Å².